The molecule has 0 spiro atoms. The van der Waals surface area contributed by atoms with Crippen LogP contribution in [0.4, 0.5) is 21.5 Å². The summed E-state index contributed by atoms with van der Waals surface area (Å²) >= 11 is 0. The van der Waals surface area contributed by atoms with E-state index >= 15 is 4.39 Å². The first-order valence-electron chi connectivity index (χ1n) is 22.2. The number of amides is 3. The number of nitrogens with one attached hydrogen (secondary N) is 2. The number of nitrogen functional groups attached to an aromatic ring is 1. The number of halogens is 1. The largest absolute Gasteiger partial charge is 0.397 e. The maximum absolute atomic E-state index is 15.2. The quantitative estimate of drug-likeness (QED) is 0.139. The zero-order valence-electron chi connectivity index (χ0n) is 35.7. The number of pyridine rings is 2. The molecule has 14 heteroatoms. The van der Waals surface area contributed by atoms with Crippen LogP contribution in [0, 0.1) is 11.7 Å². The van der Waals surface area contributed by atoms with Crippen LogP contribution >= 0.6 is 0 Å². The normalized spacial score (nSPS) is 20.4. The number of likely N-dealkylation sites (tertiary alicyclic amines) is 2. The molecule has 62 heavy (non-hydrogen) atoms. The van der Waals surface area contributed by atoms with Gasteiger partial charge in [-0.15, -0.1) is 0 Å². The van der Waals surface area contributed by atoms with E-state index in [0.29, 0.717) is 35.3 Å². The molecule has 324 valence electrons. The summed E-state index contributed by atoms with van der Waals surface area (Å²) in [6.07, 6.45) is 8.30. The van der Waals surface area contributed by atoms with Crippen molar-refractivity contribution >= 4 is 45.8 Å². The number of nitrogens with two attached hydrogens (primary N) is 1. The molecule has 0 saturated carbocycles. The van der Waals surface area contributed by atoms with E-state index in [0.717, 1.165) is 112 Å². The lowest BCUT2D eigenvalue weighted by atomic mass is 9.88. The third kappa shape index (κ3) is 8.76. The Bertz CT molecular complexity index is 2410. The Hall–Kier alpha value is -5.86. The second kappa shape index (κ2) is 17.9. The van der Waals surface area contributed by atoms with Crippen molar-refractivity contribution in [1.82, 2.24) is 34.6 Å². The minimum Gasteiger partial charge on any atom is -0.397 e. The van der Waals surface area contributed by atoms with Crippen LogP contribution in [0.3, 0.4) is 0 Å². The third-order valence-electron chi connectivity index (χ3n) is 13.8. The Morgan fingerprint density at radius 2 is 1.65 bits per heavy atom. The van der Waals surface area contributed by atoms with E-state index in [4.69, 9.17) is 10.7 Å². The van der Waals surface area contributed by atoms with E-state index < -0.39 is 6.04 Å². The van der Waals surface area contributed by atoms with Gasteiger partial charge in [-0.2, -0.15) is 0 Å². The lowest BCUT2D eigenvalue weighted by Crippen LogP contribution is -2.49. The SMILES string of the molecule is C[C@@H](c1cc2c(-c3ccc(N)cn3)ccnc2n1C)N1CCC(c2ccc(C(=O)N3CCC(CN4CCN(c5ccc(NC6CCC(=O)NC6=O)cc5F)CC4)CC3)cc2)CC1. The molecular formula is C48H57FN10O3. The fourth-order valence-corrected chi connectivity index (χ4v) is 10.1. The molecule has 3 aromatic heterocycles. The smallest absolute Gasteiger partial charge is 0.253 e. The molecule has 4 saturated heterocycles. The molecule has 7 heterocycles. The summed E-state index contributed by atoms with van der Waals surface area (Å²) in [6.45, 7) is 9.97. The maximum atomic E-state index is 15.2. The molecule has 2 atom stereocenters. The highest BCUT2D eigenvalue weighted by Gasteiger charge is 2.30. The van der Waals surface area contributed by atoms with E-state index in [1.165, 1.54) is 17.3 Å². The number of benzene rings is 2. The zero-order chi connectivity index (χ0) is 42.9. The highest BCUT2D eigenvalue weighted by atomic mass is 19.1. The second-order valence-electron chi connectivity index (χ2n) is 17.6. The van der Waals surface area contributed by atoms with E-state index in [1.54, 1.807) is 18.3 Å². The van der Waals surface area contributed by atoms with Crippen LogP contribution in [-0.2, 0) is 16.6 Å². The summed E-state index contributed by atoms with van der Waals surface area (Å²) in [5.41, 5.74) is 13.8. The Labute approximate surface area is 362 Å². The average Bonchev–Trinajstić information content (AvgIpc) is 3.64. The topological polar surface area (TPSA) is 145 Å². The Kier molecular flexibility index (Phi) is 11.9. The molecule has 4 fully saturated rings. The van der Waals surface area contributed by atoms with Crippen LogP contribution in [0.1, 0.15) is 79.0 Å². The fraction of sp³-hybridized carbons (Fsp3) is 0.438. The van der Waals surface area contributed by atoms with Crippen molar-refractivity contribution in [3.8, 4) is 11.3 Å². The van der Waals surface area contributed by atoms with Gasteiger partial charge in [0.15, 0.2) is 0 Å². The number of hydrogen-bond acceptors (Lipinski definition) is 10. The van der Waals surface area contributed by atoms with Crippen molar-refractivity contribution in [1.29, 1.82) is 0 Å². The average molecular weight is 841 g/mol. The Morgan fingerprint density at radius 1 is 0.887 bits per heavy atom. The lowest BCUT2D eigenvalue weighted by molar-refractivity contribution is -0.133. The number of aromatic nitrogens is 3. The van der Waals surface area contributed by atoms with Crippen molar-refractivity contribution in [3.63, 3.8) is 0 Å². The number of fused-ring (bicyclic) bond motifs is 1. The van der Waals surface area contributed by atoms with E-state index in [1.807, 2.05) is 41.4 Å². The molecule has 4 aliphatic heterocycles. The summed E-state index contributed by atoms with van der Waals surface area (Å²) in [5.74, 6) is 0.131. The van der Waals surface area contributed by atoms with Gasteiger partial charge in [-0.3, -0.25) is 34.5 Å². The number of anilines is 3. The van der Waals surface area contributed by atoms with Gasteiger partial charge in [-0.1, -0.05) is 12.1 Å². The van der Waals surface area contributed by atoms with Crippen molar-refractivity contribution in [2.24, 2.45) is 13.0 Å². The number of aryl methyl sites for hydroxylation is 1. The number of imide groups is 1. The summed E-state index contributed by atoms with van der Waals surface area (Å²) in [6, 6.07) is 21.2. The van der Waals surface area contributed by atoms with Crippen molar-refractivity contribution in [2.45, 2.75) is 63.5 Å². The Morgan fingerprint density at radius 3 is 2.34 bits per heavy atom. The number of hydrogen-bond donors (Lipinski definition) is 3. The maximum Gasteiger partial charge on any atom is 0.253 e. The first kappa shape index (κ1) is 41.5. The van der Waals surface area contributed by atoms with Crippen molar-refractivity contribution < 1.29 is 18.8 Å². The molecule has 1 unspecified atom stereocenters. The Balaban J connectivity index is 0.716. The van der Waals surface area contributed by atoms with Gasteiger partial charge in [-0.05, 0) is 124 Å². The minimum absolute atomic E-state index is 0.118. The monoisotopic (exact) mass is 840 g/mol. The van der Waals surface area contributed by atoms with Gasteiger partial charge in [0.1, 0.15) is 17.5 Å². The van der Waals surface area contributed by atoms with E-state index in [2.05, 4.69) is 67.1 Å². The van der Waals surface area contributed by atoms with Crippen LogP contribution in [0.2, 0.25) is 0 Å². The number of carbonyl (C=O) groups excluding carboxylic acids is 3. The molecule has 0 bridgehead atoms. The molecule has 9 rings (SSSR count). The number of piperazine rings is 1. The lowest BCUT2D eigenvalue weighted by Gasteiger charge is -2.39. The molecule has 13 nitrogen and oxygen atoms in total. The predicted molar refractivity (Wildman–Crippen MR) is 240 cm³/mol. The number of carbonyl (C=O) groups is 3. The highest BCUT2D eigenvalue weighted by molar-refractivity contribution is 6.01. The van der Waals surface area contributed by atoms with Gasteiger partial charge in [0.2, 0.25) is 11.8 Å². The number of rotatable bonds is 10. The molecular weight excluding hydrogens is 784 g/mol. The summed E-state index contributed by atoms with van der Waals surface area (Å²) in [7, 11) is 2.10. The van der Waals surface area contributed by atoms with Crippen LogP contribution in [0.25, 0.3) is 22.3 Å². The van der Waals surface area contributed by atoms with Crippen molar-refractivity contribution in [2.75, 3.05) is 74.9 Å². The molecule has 3 amide bonds. The molecule has 0 aliphatic carbocycles. The van der Waals surface area contributed by atoms with Crippen LogP contribution in [-0.4, -0.2) is 112 Å². The highest BCUT2D eigenvalue weighted by Crippen LogP contribution is 2.36. The van der Waals surface area contributed by atoms with Gasteiger partial charge in [-0.25, -0.2) is 9.37 Å². The van der Waals surface area contributed by atoms with Crippen molar-refractivity contribution in [3.05, 3.63) is 102 Å². The van der Waals surface area contributed by atoms with Gasteiger partial charge in [0.25, 0.3) is 5.91 Å². The summed E-state index contributed by atoms with van der Waals surface area (Å²) in [4.78, 5) is 55.6. The summed E-state index contributed by atoms with van der Waals surface area (Å²) in [5, 5.41) is 6.49. The van der Waals surface area contributed by atoms with Gasteiger partial charge in [0.05, 0.1) is 23.3 Å². The first-order valence-corrected chi connectivity index (χ1v) is 22.2. The minimum atomic E-state index is -0.550. The molecule has 0 radical (unpaired) electrons. The summed E-state index contributed by atoms with van der Waals surface area (Å²) < 4.78 is 17.5. The van der Waals surface area contributed by atoms with Gasteiger partial charge in [0, 0.05) is 99.4 Å². The molecule has 4 N–H and O–H groups in total. The molecule has 5 aromatic rings. The van der Waals surface area contributed by atoms with Crippen LogP contribution in [0.15, 0.2) is 79.1 Å². The van der Waals surface area contributed by atoms with Crippen LogP contribution < -0.4 is 21.3 Å². The molecule has 2 aromatic carbocycles. The van der Waals surface area contributed by atoms with E-state index in [9.17, 15) is 14.4 Å². The van der Waals surface area contributed by atoms with Crippen LogP contribution in [0.5, 0.6) is 0 Å². The second-order valence-corrected chi connectivity index (χ2v) is 17.6. The number of piperidine rings is 3. The van der Waals surface area contributed by atoms with E-state index in [-0.39, 0.29) is 36.0 Å². The third-order valence-corrected chi connectivity index (χ3v) is 13.8. The van der Waals surface area contributed by atoms with Gasteiger partial charge >= 0.3 is 0 Å². The first-order chi connectivity index (χ1) is 30.1. The zero-order valence-corrected chi connectivity index (χ0v) is 35.7. The molecule has 4 aliphatic rings. The predicted octanol–water partition coefficient (Wildman–Crippen LogP) is 6.19. The number of nitrogens with zero attached hydrogens (tertiary/aromatic N) is 7. The fourth-order valence-electron chi connectivity index (χ4n) is 10.1. The standard InChI is InChI=1S/C48H57FN10O3/c1-31(44-28-39-38(13-18-51-46(39)55(44)2)41-9-7-36(50)29-52-41)57-21-16-34(17-22-57)33-3-5-35(6-4-33)48(62)59-19-14-32(15-20-59)30-56-23-25-58(26-24-56)43-11-8-37(27-40(43)49)53-42-10-12-45(60)54-47(42)61/h3-9,11,13,18,27-29,31-32,34,42,53H,10,12,14-17,19-26,30,50H2,1-2H3,(H,54,60,61)/t31-,42?/m0/s1. The van der Waals surface area contributed by atoms with Gasteiger partial charge < -0.3 is 25.4 Å².